The van der Waals surface area contributed by atoms with Crippen molar-refractivity contribution < 1.29 is 4.52 Å². The molecule has 1 radical (unpaired) electrons. The van der Waals surface area contributed by atoms with Gasteiger partial charge in [-0.1, -0.05) is 10.4 Å². The van der Waals surface area contributed by atoms with Crippen molar-refractivity contribution >= 4 is 0 Å². The number of H-pyrrole nitrogens is 1. The van der Waals surface area contributed by atoms with Crippen LogP contribution in [0.4, 0.5) is 0 Å². The van der Waals surface area contributed by atoms with Crippen LogP contribution in [0.5, 0.6) is 0 Å². The molecule has 5 nitrogen and oxygen atoms in total. The van der Waals surface area contributed by atoms with E-state index in [2.05, 4.69) is 26.8 Å². The Bertz CT molecular complexity index is 404. The Balaban J connectivity index is 2.02. The summed E-state index contributed by atoms with van der Waals surface area (Å²) in [7, 11) is 0. The summed E-state index contributed by atoms with van der Waals surface area (Å²) in [5, 5.41) is 13.9. The van der Waals surface area contributed by atoms with Gasteiger partial charge in [0.25, 0.3) is 0 Å². The fraction of sp³-hybridized carbons (Fsp3) is 0.444. The molecule has 0 bridgehead atoms. The molecule has 0 aliphatic heterocycles. The molecule has 0 saturated heterocycles. The minimum Gasteiger partial charge on any atom is -0.361 e. The van der Waals surface area contributed by atoms with Gasteiger partial charge in [0.15, 0.2) is 0 Å². The number of hydrogen-bond donors (Lipinski definition) is 1. The van der Waals surface area contributed by atoms with Crippen LogP contribution < -0.4 is 0 Å². The maximum Gasteiger partial charge on any atom is 0.138 e. The molecule has 0 atom stereocenters. The first-order valence-corrected chi connectivity index (χ1v) is 4.46. The van der Waals surface area contributed by atoms with Gasteiger partial charge < -0.3 is 4.52 Å². The highest BCUT2D eigenvalue weighted by Crippen LogP contribution is 2.12. The average molecular weight is 191 g/mol. The number of aryl methyl sites for hydroxylation is 3. The molecule has 0 saturated carbocycles. The zero-order valence-electron chi connectivity index (χ0n) is 8.16. The molecule has 1 N–H and O–H groups in total. The molecule has 14 heavy (non-hydrogen) atoms. The molecule has 2 heterocycles. The maximum absolute atomic E-state index is 5.06. The van der Waals surface area contributed by atoms with Crippen molar-refractivity contribution in [3.05, 3.63) is 28.9 Å². The second-order valence-electron chi connectivity index (χ2n) is 3.21. The van der Waals surface area contributed by atoms with Crippen LogP contribution in [0, 0.1) is 20.0 Å². The van der Waals surface area contributed by atoms with Crippen molar-refractivity contribution in [2.24, 2.45) is 0 Å². The number of hydrogen-bond acceptors (Lipinski definition) is 4. The zero-order chi connectivity index (χ0) is 9.97. The molecular weight excluding hydrogens is 180 g/mol. The molecule has 2 aromatic heterocycles. The average Bonchev–Trinajstić information content (AvgIpc) is 2.77. The van der Waals surface area contributed by atoms with Gasteiger partial charge in [-0.25, -0.2) is 0 Å². The summed E-state index contributed by atoms with van der Waals surface area (Å²) in [4.78, 5) is 0. The Morgan fingerprint density at radius 3 is 2.79 bits per heavy atom. The summed E-state index contributed by atoms with van der Waals surface area (Å²) in [5.41, 5.74) is 3.01. The highest BCUT2D eigenvalue weighted by molar-refractivity contribution is 5.20. The van der Waals surface area contributed by atoms with Crippen LogP contribution in [0.25, 0.3) is 0 Å². The fourth-order valence-electron chi connectivity index (χ4n) is 1.25. The van der Waals surface area contributed by atoms with Crippen LogP contribution in [0.3, 0.4) is 0 Å². The lowest BCUT2D eigenvalue weighted by Gasteiger charge is -1.94. The van der Waals surface area contributed by atoms with Gasteiger partial charge in [-0.15, -0.1) is 5.10 Å². The summed E-state index contributed by atoms with van der Waals surface area (Å²) >= 11 is 0. The lowest BCUT2D eigenvalue weighted by molar-refractivity contribution is 0.390. The third-order valence-electron chi connectivity index (χ3n) is 2.29. The predicted molar refractivity (Wildman–Crippen MR) is 48.6 cm³/mol. The van der Waals surface area contributed by atoms with E-state index in [1.807, 2.05) is 13.8 Å². The lowest BCUT2D eigenvalue weighted by atomic mass is 10.1. The van der Waals surface area contributed by atoms with E-state index in [1.54, 1.807) is 0 Å². The molecule has 2 aromatic rings. The molecular formula is C9H11N4O. The summed E-state index contributed by atoms with van der Waals surface area (Å²) in [6.45, 7) is 3.92. The van der Waals surface area contributed by atoms with E-state index < -0.39 is 0 Å². The van der Waals surface area contributed by atoms with Crippen LogP contribution in [-0.4, -0.2) is 20.6 Å². The molecule has 0 unspecified atom stereocenters. The van der Waals surface area contributed by atoms with E-state index in [9.17, 15) is 0 Å². The van der Waals surface area contributed by atoms with Crippen molar-refractivity contribution in [2.75, 3.05) is 0 Å². The van der Waals surface area contributed by atoms with Crippen LogP contribution in [0.15, 0.2) is 4.52 Å². The SMILES string of the molecule is Cc1onc(CCc2[c]nn[nH]2)c1C. The smallest absolute Gasteiger partial charge is 0.138 e. The van der Waals surface area contributed by atoms with Crippen molar-refractivity contribution in [3.8, 4) is 0 Å². The van der Waals surface area contributed by atoms with Crippen molar-refractivity contribution in [1.82, 2.24) is 20.6 Å². The number of rotatable bonds is 3. The first-order chi connectivity index (χ1) is 6.77. The first kappa shape index (κ1) is 8.93. The largest absolute Gasteiger partial charge is 0.361 e. The van der Waals surface area contributed by atoms with E-state index >= 15 is 0 Å². The Hall–Kier alpha value is -1.65. The van der Waals surface area contributed by atoms with Crippen molar-refractivity contribution in [2.45, 2.75) is 26.7 Å². The summed E-state index contributed by atoms with van der Waals surface area (Å²) in [6.07, 6.45) is 4.39. The van der Waals surface area contributed by atoms with Crippen LogP contribution in [0.1, 0.15) is 22.7 Å². The summed E-state index contributed by atoms with van der Waals surface area (Å²) in [6, 6.07) is 0. The highest BCUT2D eigenvalue weighted by Gasteiger charge is 2.08. The quantitative estimate of drug-likeness (QED) is 0.785. The molecule has 0 spiro atoms. The molecule has 0 aromatic carbocycles. The van der Waals surface area contributed by atoms with Crippen LogP contribution >= 0.6 is 0 Å². The molecule has 0 aliphatic carbocycles. The Morgan fingerprint density at radius 1 is 1.36 bits per heavy atom. The Kier molecular flexibility index (Phi) is 2.30. The highest BCUT2D eigenvalue weighted by atomic mass is 16.5. The minimum absolute atomic E-state index is 0.805. The standard InChI is InChI=1S/C9H11N4O/c1-6-7(2)14-12-9(6)4-3-8-5-10-13-11-8/h3-4H2,1-2H3,(H,10,11,13). The number of aromatic nitrogens is 4. The minimum atomic E-state index is 0.805. The number of nitrogens with zero attached hydrogens (tertiary/aromatic N) is 3. The molecule has 0 aliphatic rings. The third kappa shape index (κ3) is 1.66. The second kappa shape index (κ2) is 3.61. The van der Waals surface area contributed by atoms with E-state index in [1.165, 1.54) is 0 Å². The fourth-order valence-corrected chi connectivity index (χ4v) is 1.25. The first-order valence-electron chi connectivity index (χ1n) is 4.46. The molecule has 0 fully saturated rings. The van der Waals surface area contributed by atoms with Gasteiger partial charge in [-0.2, -0.15) is 0 Å². The van der Waals surface area contributed by atoms with Gasteiger partial charge in [0, 0.05) is 5.56 Å². The zero-order valence-corrected chi connectivity index (χ0v) is 8.16. The second-order valence-corrected chi connectivity index (χ2v) is 3.21. The lowest BCUT2D eigenvalue weighted by Crippen LogP contribution is -1.94. The Labute approximate surface area is 81.5 Å². The van der Waals surface area contributed by atoms with Crippen molar-refractivity contribution in [3.63, 3.8) is 0 Å². The molecule has 0 amide bonds. The van der Waals surface area contributed by atoms with E-state index in [0.29, 0.717) is 0 Å². The van der Waals surface area contributed by atoms with Crippen molar-refractivity contribution in [1.29, 1.82) is 0 Å². The van der Waals surface area contributed by atoms with Gasteiger partial charge in [-0.05, 0) is 26.7 Å². The topological polar surface area (TPSA) is 67.6 Å². The third-order valence-corrected chi connectivity index (χ3v) is 2.29. The van der Waals surface area contributed by atoms with E-state index in [4.69, 9.17) is 4.52 Å². The summed E-state index contributed by atoms with van der Waals surface area (Å²) in [5.74, 6) is 0.881. The monoisotopic (exact) mass is 191 g/mol. The predicted octanol–water partition coefficient (Wildman–Crippen LogP) is 0.995. The van der Waals surface area contributed by atoms with E-state index in [0.717, 1.165) is 35.6 Å². The van der Waals surface area contributed by atoms with Gasteiger partial charge in [0.1, 0.15) is 12.0 Å². The summed E-state index contributed by atoms with van der Waals surface area (Å²) < 4.78 is 5.06. The van der Waals surface area contributed by atoms with Gasteiger partial charge in [-0.3, -0.25) is 5.10 Å². The number of nitrogens with one attached hydrogen (secondary N) is 1. The molecule has 73 valence electrons. The maximum atomic E-state index is 5.06. The molecule has 5 heteroatoms. The van der Waals surface area contributed by atoms with Crippen LogP contribution in [0.2, 0.25) is 0 Å². The normalized spacial score (nSPS) is 10.7. The van der Waals surface area contributed by atoms with Gasteiger partial charge in [0.2, 0.25) is 0 Å². The van der Waals surface area contributed by atoms with Gasteiger partial charge in [0.05, 0.1) is 11.4 Å². The number of aromatic amines is 1. The van der Waals surface area contributed by atoms with E-state index in [-0.39, 0.29) is 0 Å². The van der Waals surface area contributed by atoms with Gasteiger partial charge >= 0.3 is 0 Å². The van der Waals surface area contributed by atoms with Crippen LogP contribution in [-0.2, 0) is 12.8 Å². The molecule has 2 rings (SSSR count). The Morgan fingerprint density at radius 2 is 2.21 bits per heavy atom.